The maximum atomic E-state index is 12.4. The van der Waals surface area contributed by atoms with E-state index in [9.17, 15) is 19.8 Å². The van der Waals surface area contributed by atoms with E-state index in [0.717, 1.165) is 64.2 Å². The van der Waals surface area contributed by atoms with Crippen LogP contribution in [-0.4, -0.2) is 47.4 Å². The lowest BCUT2D eigenvalue weighted by Crippen LogP contribution is -2.45. The third-order valence-electron chi connectivity index (χ3n) is 11.9. The fourth-order valence-corrected chi connectivity index (χ4v) is 7.81. The molecule has 0 aliphatic carbocycles. The molecule has 61 heavy (non-hydrogen) atoms. The minimum absolute atomic E-state index is 0.0428. The number of esters is 1. The molecule has 2 atom stereocenters. The van der Waals surface area contributed by atoms with Gasteiger partial charge >= 0.3 is 5.97 Å². The summed E-state index contributed by atoms with van der Waals surface area (Å²) in [5.41, 5.74) is 0. The fourth-order valence-electron chi connectivity index (χ4n) is 7.81. The van der Waals surface area contributed by atoms with E-state index < -0.39 is 12.1 Å². The lowest BCUT2D eigenvalue weighted by atomic mass is 10.0. The van der Waals surface area contributed by atoms with Gasteiger partial charge < -0.3 is 20.3 Å². The highest BCUT2D eigenvalue weighted by molar-refractivity contribution is 5.76. The highest BCUT2D eigenvalue weighted by atomic mass is 16.5. The Morgan fingerprint density at radius 1 is 0.459 bits per heavy atom. The Balaban J connectivity index is 3.46. The number of amides is 1. The summed E-state index contributed by atoms with van der Waals surface area (Å²) in [5.74, 6) is -0.0943. The number of hydrogen-bond acceptors (Lipinski definition) is 5. The molecular weight excluding hydrogens is 755 g/mol. The Morgan fingerprint density at radius 3 is 1.31 bits per heavy atom. The molecule has 0 aliphatic rings. The lowest BCUT2D eigenvalue weighted by molar-refractivity contribution is -0.143. The van der Waals surface area contributed by atoms with E-state index >= 15 is 0 Å². The first kappa shape index (κ1) is 58.8. The summed E-state index contributed by atoms with van der Waals surface area (Å²) in [6.07, 6.45) is 62.5. The van der Waals surface area contributed by atoms with E-state index in [0.29, 0.717) is 25.9 Å². The Kier molecular flexibility index (Phi) is 48.7. The molecule has 0 saturated heterocycles. The van der Waals surface area contributed by atoms with Gasteiger partial charge in [0.25, 0.3) is 0 Å². The summed E-state index contributed by atoms with van der Waals surface area (Å²) in [6, 6.07) is -0.544. The standard InChI is InChI=1S/C55H101NO5/c1-3-5-7-9-11-13-15-25-29-33-37-41-45-49-55(60)61-50-46-42-38-34-30-27-24-22-20-18-16-17-19-21-23-26-28-32-36-40-44-48-54(59)56-52(51-57)53(58)47-43-39-35-31-14-12-10-8-6-4-2/h7,9,13,15,27,30,38,42,52-53,57-58H,3-6,8,10-12,14,16-26,28-29,31-37,39-41,43-51H2,1-2H3,(H,56,59)/b9-7-,15-13-,30-27-,42-38-. The van der Waals surface area contributed by atoms with Crippen molar-refractivity contribution >= 4 is 11.9 Å². The molecule has 6 heteroatoms. The van der Waals surface area contributed by atoms with E-state index in [1.54, 1.807) is 0 Å². The number of ether oxygens (including phenoxy) is 1. The van der Waals surface area contributed by atoms with Gasteiger partial charge in [0.05, 0.1) is 25.4 Å². The first-order valence-electron chi connectivity index (χ1n) is 26.4. The molecule has 0 spiro atoms. The van der Waals surface area contributed by atoms with Crippen LogP contribution in [0.3, 0.4) is 0 Å². The van der Waals surface area contributed by atoms with Crippen molar-refractivity contribution in [3.05, 3.63) is 48.6 Å². The van der Waals surface area contributed by atoms with Crippen LogP contribution in [0.5, 0.6) is 0 Å². The topological polar surface area (TPSA) is 95.9 Å². The predicted molar refractivity (Wildman–Crippen MR) is 264 cm³/mol. The molecule has 0 heterocycles. The van der Waals surface area contributed by atoms with Crippen molar-refractivity contribution in [3.8, 4) is 0 Å². The first-order chi connectivity index (χ1) is 30.0. The van der Waals surface area contributed by atoms with Crippen LogP contribution < -0.4 is 5.32 Å². The van der Waals surface area contributed by atoms with E-state index in [2.05, 4.69) is 67.8 Å². The molecule has 0 aromatic carbocycles. The summed E-state index contributed by atoms with van der Waals surface area (Å²) < 4.78 is 5.39. The molecule has 3 N–H and O–H groups in total. The number of nitrogens with one attached hydrogen (secondary N) is 1. The normalized spacial score (nSPS) is 13.0. The summed E-state index contributed by atoms with van der Waals surface area (Å²) in [6.45, 7) is 4.75. The van der Waals surface area contributed by atoms with Crippen molar-refractivity contribution in [1.82, 2.24) is 5.32 Å². The van der Waals surface area contributed by atoms with Gasteiger partial charge in [-0.2, -0.15) is 0 Å². The van der Waals surface area contributed by atoms with Gasteiger partial charge in [0.15, 0.2) is 0 Å². The SMILES string of the molecule is CCC/C=C\C/C=C\CCCCCCCC(=O)OCC/C=C\C/C=C\CCCCCCCCCCCCCCCCC(=O)NC(CO)C(O)CCCCCCCCCCCC. The number of unbranched alkanes of at least 4 members (excludes halogenated alkanes) is 29. The molecule has 0 fully saturated rings. The average molecular weight is 856 g/mol. The maximum Gasteiger partial charge on any atom is 0.305 e. The van der Waals surface area contributed by atoms with Crippen LogP contribution in [0, 0.1) is 0 Å². The van der Waals surface area contributed by atoms with Crippen molar-refractivity contribution < 1.29 is 24.5 Å². The molecule has 0 aromatic heterocycles. The van der Waals surface area contributed by atoms with Gasteiger partial charge in [-0.15, -0.1) is 0 Å². The summed E-state index contributed by atoms with van der Waals surface area (Å²) in [5, 5.41) is 23.1. The molecular formula is C55H101NO5. The molecule has 0 aromatic rings. The number of hydrogen-bond donors (Lipinski definition) is 3. The second kappa shape index (κ2) is 50.5. The van der Waals surface area contributed by atoms with Gasteiger partial charge in [-0.1, -0.05) is 229 Å². The van der Waals surface area contributed by atoms with Gasteiger partial charge in [-0.25, -0.2) is 0 Å². The van der Waals surface area contributed by atoms with E-state index in [4.69, 9.17) is 4.74 Å². The number of aliphatic hydroxyl groups is 2. The first-order valence-corrected chi connectivity index (χ1v) is 26.4. The molecule has 1 amide bonds. The smallest absolute Gasteiger partial charge is 0.305 e. The van der Waals surface area contributed by atoms with Gasteiger partial charge in [0.1, 0.15) is 0 Å². The third kappa shape index (κ3) is 47.1. The summed E-state index contributed by atoms with van der Waals surface area (Å²) >= 11 is 0. The van der Waals surface area contributed by atoms with E-state index in [1.807, 2.05) is 0 Å². The monoisotopic (exact) mass is 856 g/mol. The number of rotatable bonds is 48. The van der Waals surface area contributed by atoms with Gasteiger partial charge in [0, 0.05) is 12.8 Å². The molecule has 0 bridgehead atoms. The van der Waals surface area contributed by atoms with Crippen LogP contribution in [0.4, 0.5) is 0 Å². The second-order valence-electron chi connectivity index (χ2n) is 17.8. The minimum atomic E-state index is -0.666. The Labute approximate surface area is 378 Å². The van der Waals surface area contributed by atoms with Gasteiger partial charge in [0.2, 0.25) is 5.91 Å². The van der Waals surface area contributed by atoms with E-state index in [-0.39, 0.29) is 18.5 Å². The molecule has 0 aliphatic heterocycles. The molecule has 6 nitrogen and oxygen atoms in total. The second-order valence-corrected chi connectivity index (χ2v) is 17.8. The van der Waals surface area contributed by atoms with Crippen LogP contribution in [0.15, 0.2) is 48.6 Å². The largest absolute Gasteiger partial charge is 0.465 e. The quantitative estimate of drug-likeness (QED) is 0.0322. The Bertz CT molecular complexity index is 1040. The van der Waals surface area contributed by atoms with Crippen LogP contribution in [0.1, 0.15) is 264 Å². The molecule has 0 rings (SSSR count). The molecule has 356 valence electrons. The Morgan fingerprint density at radius 2 is 0.852 bits per heavy atom. The number of aliphatic hydroxyl groups excluding tert-OH is 2. The number of carbonyl (C=O) groups excluding carboxylic acids is 2. The summed E-state index contributed by atoms with van der Waals surface area (Å²) in [7, 11) is 0. The van der Waals surface area contributed by atoms with Crippen LogP contribution in [-0.2, 0) is 14.3 Å². The van der Waals surface area contributed by atoms with E-state index in [1.165, 1.54) is 167 Å². The zero-order valence-electron chi connectivity index (χ0n) is 40.4. The van der Waals surface area contributed by atoms with Crippen LogP contribution in [0.2, 0.25) is 0 Å². The van der Waals surface area contributed by atoms with Crippen LogP contribution >= 0.6 is 0 Å². The van der Waals surface area contributed by atoms with Gasteiger partial charge in [-0.3, -0.25) is 9.59 Å². The maximum absolute atomic E-state index is 12.4. The number of carbonyl (C=O) groups is 2. The van der Waals surface area contributed by atoms with Crippen molar-refractivity contribution in [3.63, 3.8) is 0 Å². The number of allylic oxidation sites excluding steroid dienone is 7. The Hall–Kier alpha value is -2.18. The molecule has 0 radical (unpaired) electrons. The van der Waals surface area contributed by atoms with Crippen molar-refractivity contribution in [1.29, 1.82) is 0 Å². The fraction of sp³-hybridized carbons (Fsp3) is 0.818. The molecule has 0 saturated carbocycles. The van der Waals surface area contributed by atoms with Gasteiger partial charge in [-0.05, 0) is 70.6 Å². The molecule has 2 unspecified atom stereocenters. The van der Waals surface area contributed by atoms with Crippen molar-refractivity contribution in [2.75, 3.05) is 13.2 Å². The lowest BCUT2D eigenvalue weighted by Gasteiger charge is -2.22. The third-order valence-corrected chi connectivity index (χ3v) is 11.9. The average Bonchev–Trinajstić information content (AvgIpc) is 3.26. The van der Waals surface area contributed by atoms with Crippen molar-refractivity contribution in [2.45, 2.75) is 276 Å². The van der Waals surface area contributed by atoms with Crippen LogP contribution in [0.25, 0.3) is 0 Å². The highest BCUT2D eigenvalue weighted by Crippen LogP contribution is 2.16. The highest BCUT2D eigenvalue weighted by Gasteiger charge is 2.20. The summed E-state index contributed by atoms with van der Waals surface area (Å²) in [4.78, 5) is 24.4. The minimum Gasteiger partial charge on any atom is -0.465 e. The van der Waals surface area contributed by atoms with Crippen molar-refractivity contribution in [2.24, 2.45) is 0 Å². The zero-order chi connectivity index (χ0) is 44.4. The zero-order valence-corrected chi connectivity index (χ0v) is 40.4. The predicted octanol–water partition coefficient (Wildman–Crippen LogP) is 15.8.